The summed E-state index contributed by atoms with van der Waals surface area (Å²) < 4.78 is 0. The van der Waals surface area contributed by atoms with Gasteiger partial charge in [-0.15, -0.1) is 0 Å². The lowest BCUT2D eigenvalue weighted by molar-refractivity contribution is -0.130. The van der Waals surface area contributed by atoms with Crippen molar-refractivity contribution in [2.75, 3.05) is 6.54 Å². The molecule has 1 atom stereocenters. The monoisotopic (exact) mass is 170 g/mol. The first-order chi connectivity index (χ1) is 5.74. The molecule has 0 aromatic carbocycles. The molecule has 4 nitrogen and oxygen atoms in total. The molecule has 1 fully saturated rings. The van der Waals surface area contributed by atoms with Crippen LogP contribution in [0.5, 0.6) is 0 Å². The Bertz CT molecular complexity index is 191. The van der Waals surface area contributed by atoms with Crippen LogP contribution in [0.1, 0.15) is 26.2 Å². The fourth-order valence-electron chi connectivity index (χ4n) is 1.30. The highest BCUT2D eigenvalue weighted by molar-refractivity contribution is 5.88. The Morgan fingerprint density at radius 1 is 1.75 bits per heavy atom. The topological polar surface area (TPSA) is 58.2 Å². The molecule has 0 aromatic heterocycles. The van der Waals surface area contributed by atoms with Crippen molar-refractivity contribution in [3.8, 4) is 0 Å². The average Bonchev–Trinajstić information content (AvgIpc) is 2.05. The molecule has 1 heterocycles. The Labute approximate surface area is 71.7 Å². The number of carbonyl (C=O) groups is 2. The number of rotatable bonds is 2. The molecular weight excluding hydrogens is 156 g/mol. The van der Waals surface area contributed by atoms with Gasteiger partial charge in [-0.25, -0.2) is 0 Å². The van der Waals surface area contributed by atoms with Gasteiger partial charge in [0.15, 0.2) is 0 Å². The summed E-state index contributed by atoms with van der Waals surface area (Å²) in [6.07, 6.45) is 2.13. The SMILES string of the molecule is CCNC(=O)[C@@H]1CCCC(=O)N1. The molecule has 0 bridgehead atoms. The molecule has 0 aliphatic carbocycles. The van der Waals surface area contributed by atoms with E-state index in [0.29, 0.717) is 13.0 Å². The van der Waals surface area contributed by atoms with E-state index in [1.807, 2.05) is 6.92 Å². The quantitative estimate of drug-likeness (QED) is 0.602. The van der Waals surface area contributed by atoms with Gasteiger partial charge in [0, 0.05) is 13.0 Å². The molecule has 0 unspecified atom stereocenters. The minimum Gasteiger partial charge on any atom is -0.355 e. The Balaban J connectivity index is 2.40. The van der Waals surface area contributed by atoms with Gasteiger partial charge in [0.1, 0.15) is 6.04 Å². The van der Waals surface area contributed by atoms with Crippen LogP contribution in [0.3, 0.4) is 0 Å². The molecule has 1 aliphatic rings. The number of hydrogen-bond acceptors (Lipinski definition) is 2. The van der Waals surface area contributed by atoms with Crippen molar-refractivity contribution in [3.63, 3.8) is 0 Å². The van der Waals surface area contributed by atoms with E-state index in [1.54, 1.807) is 0 Å². The van der Waals surface area contributed by atoms with Gasteiger partial charge in [-0.05, 0) is 19.8 Å². The van der Waals surface area contributed by atoms with Crippen LogP contribution in [0.2, 0.25) is 0 Å². The van der Waals surface area contributed by atoms with Crippen LogP contribution < -0.4 is 10.6 Å². The lowest BCUT2D eigenvalue weighted by atomic mass is 10.0. The Morgan fingerprint density at radius 3 is 3.08 bits per heavy atom. The van der Waals surface area contributed by atoms with E-state index in [-0.39, 0.29) is 17.9 Å². The highest BCUT2D eigenvalue weighted by Crippen LogP contribution is 2.07. The normalized spacial score (nSPS) is 23.1. The summed E-state index contributed by atoms with van der Waals surface area (Å²) in [4.78, 5) is 22.1. The maximum absolute atomic E-state index is 11.2. The summed E-state index contributed by atoms with van der Waals surface area (Å²) in [5.41, 5.74) is 0. The molecule has 68 valence electrons. The van der Waals surface area contributed by atoms with Crippen molar-refractivity contribution < 1.29 is 9.59 Å². The fraction of sp³-hybridized carbons (Fsp3) is 0.750. The summed E-state index contributed by atoms with van der Waals surface area (Å²) in [5.74, 6) is -0.0805. The molecule has 12 heavy (non-hydrogen) atoms. The highest BCUT2D eigenvalue weighted by atomic mass is 16.2. The number of nitrogens with one attached hydrogen (secondary N) is 2. The van der Waals surface area contributed by atoms with Crippen LogP contribution >= 0.6 is 0 Å². The summed E-state index contributed by atoms with van der Waals surface area (Å²) >= 11 is 0. The Kier molecular flexibility index (Phi) is 3.08. The van der Waals surface area contributed by atoms with Crippen LogP contribution in [0.15, 0.2) is 0 Å². The van der Waals surface area contributed by atoms with E-state index in [2.05, 4.69) is 10.6 Å². The maximum atomic E-state index is 11.2. The van der Waals surface area contributed by atoms with Crippen LogP contribution in [0, 0.1) is 0 Å². The zero-order chi connectivity index (χ0) is 8.97. The Hall–Kier alpha value is -1.06. The number of amides is 2. The predicted octanol–water partition coefficient (Wildman–Crippen LogP) is -0.209. The summed E-state index contributed by atoms with van der Waals surface area (Å²) in [6.45, 7) is 2.48. The van der Waals surface area contributed by atoms with Gasteiger partial charge in [-0.3, -0.25) is 9.59 Å². The van der Waals surface area contributed by atoms with Gasteiger partial charge < -0.3 is 10.6 Å². The molecular formula is C8H14N2O2. The van der Waals surface area contributed by atoms with E-state index in [1.165, 1.54) is 0 Å². The number of hydrogen-bond donors (Lipinski definition) is 2. The fourth-order valence-corrected chi connectivity index (χ4v) is 1.30. The molecule has 2 N–H and O–H groups in total. The highest BCUT2D eigenvalue weighted by Gasteiger charge is 2.23. The predicted molar refractivity (Wildman–Crippen MR) is 44.5 cm³/mol. The molecule has 0 spiro atoms. The Morgan fingerprint density at radius 2 is 2.50 bits per heavy atom. The zero-order valence-electron chi connectivity index (χ0n) is 7.22. The van der Waals surface area contributed by atoms with Crippen molar-refractivity contribution in [1.29, 1.82) is 0 Å². The number of piperidine rings is 1. The van der Waals surface area contributed by atoms with Crippen molar-refractivity contribution in [2.24, 2.45) is 0 Å². The first-order valence-corrected chi connectivity index (χ1v) is 4.31. The van der Waals surface area contributed by atoms with Crippen molar-refractivity contribution in [2.45, 2.75) is 32.2 Å². The largest absolute Gasteiger partial charge is 0.355 e. The van der Waals surface area contributed by atoms with E-state index in [4.69, 9.17) is 0 Å². The third-order valence-electron chi connectivity index (χ3n) is 1.90. The van der Waals surface area contributed by atoms with Gasteiger partial charge in [0.05, 0.1) is 0 Å². The van der Waals surface area contributed by atoms with Gasteiger partial charge in [-0.1, -0.05) is 0 Å². The second-order valence-electron chi connectivity index (χ2n) is 2.91. The molecule has 1 rings (SSSR count). The lowest BCUT2D eigenvalue weighted by Gasteiger charge is -2.21. The van der Waals surface area contributed by atoms with Gasteiger partial charge in [0.25, 0.3) is 0 Å². The second kappa shape index (κ2) is 4.09. The third-order valence-corrected chi connectivity index (χ3v) is 1.90. The molecule has 4 heteroatoms. The first kappa shape index (κ1) is 9.03. The third kappa shape index (κ3) is 2.22. The van der Waals surface area contributed by atoms with Gasteiger partial charge in [-0.2, -0.15) is 0 Å². The van der Waals surface area contributed by atoms with Crippen LogP contribution in [0.25, 0.3) is 0 Å². The molecule has 0 radical (unpaired) electrons. The minimum atomic E-state index is -0.300. The zero-order valence-corrected chi connectivity index (χ0v) is 7.22. The summed E-state index contributed by atoms with van der Waals surface area (Å²) in [6, 6.07) is -0.300. The van der Waals surface area contributed by atoms with Crippen molar-refractivity contribution in [3.05, 3.63) is 0 Å². The molecule has 1 aliphatic heterocycles. The minimum absolute atomic E-state index is 0.0162. The van der Waals surface area contributed by atoms with Crippen molar-refractivity contribution >= 4 is 11.8 Å². The molecule has 1 saturated heterocycles. The van der Waals surface area contributed by atoms with E-state index >= 15 is 0 Å². The number of likely N-dealkylation sites (N-methyl/N-ethyl adjacent to an activating group) is 1. The standard InChI is InChI=1S/C8H14N2O2/c1-2-9-8(12)6-4-3-5-7(11)10-6/h6H,2-5H2,1H3,(H,9,12)(H,10,11)/t6-/m0/s1. The number of carbonyl (C=O) groups excluding carboxylic acids is 2. The van der Waals surface area contributed by atoms with E-state index < -0.39 is 0 Å². The van der Waals surface area contributed by atoms with Crippen molar-refractivity contribution in [1.82, 2.24) is 10.6 Å². The van der Waals surface area contributed by atoms with Gasteiger partial charge in [0.2, 0.25) is 11.8 Å². The second-order valence-corrected chi connectivity index (χ2v) is 2.91. The van der Waals surface area contributed by atoms with E-state index in [9.17, 15) is 9.59 Å². The van der Waals surface area contributed by atoms with E-state index in [0.717, 1.165) is 12.8 Å². The van der Waals surface area contributed by atoms with Crippen LogP contribution in [-0.4, -0.2) is 24.4 Å². The molecule has 0 aromatic rings. The summed E-state index contributed by atoms with van der Waals surface area (Å²) in [5, 5.41) is 5.33. The average molecular weight is 170 g/mol. The summed E-state index contributed by atoms with van der Waals surface area (Å²) in [7, 11) is 0. The van der Waals surface area contributed by atoms with Crippen LogP contribution in [0.4, 0.5) is 0 Å². The first-order valence-electron chi connectivity index (χ1n) is 4.31. The molecule has 2 amide bonds. The van der Waals surface area contributed by atoms with Crippen LogP contribution in [-0.2, 0) is 9.59 Å². The van der Waals surface area contributed by atoms with Gasteiger partial charge >= 0.3 is 0 Å². The molecule has 0 saturated carbocycles. The maximum Gasteiger partial charge on any atom is 0.242 e. The smallest absolute Gasteiger partial charge is 0.242 e. The lowest BCUT2D eigenvalue weighted by Crippen LogP contribution is -2.48.